The quantitative estimate of drug-likeness (QED) is 0.777. The number of hydrogen-bond donors (Lipinski definition) is 0. The van der Waals surface area contributed by atoms with E-state index in [0.717, 1.165) is 22.2 Å². The van der Waals surface area contributed by atoms with Gasteiger partial charge in [-0.2, -0.15) is 0 Å². The molecular weight excluding hydrogens is 292 g/mol. The van der Waals surface area contributed by atoms with Crippen LogP contribution in [-0.2, 0) is 11.2 Å². The maximum atomic E-state index is 5.57. The lowest BCUT2D eigenvalue weighted by Crippen LogP contribution is -2.02. The summed E-state index contributed by atoms with van der Waals surface area (Å²) < 4.78 is 11.6. The minimum Gasteiger partial charge on any atom is -0.467 e. The molecule has 0 unspecified atom stereocenters. The number of hydrogen-bond acceptors (Lipinski definition) is 2. The predicted octanol–water partition coefficient (Wildman–Crippen LogP) is 4.02. The summed E-state index contributed by atoms with van der Waals surface area (Å²) in [6.07, 6.45) is 0.847. The first-order valence-electron chi connectivity index (χ1n) is 5.73. The molecule has 0 saturated heterocycles. The van der Waals surface area contributed by atoms with Crippen molar-refractivity contribution in [3.63, 3.8) is 0 Å². The molecule has 2 rings (SSSR count). The van der Waals surface area contributed by atoms with Crippen LogP contribution in [0.4, 0.5) is 0 Å². The molecule has 0 radical (unpaired) electrons. The van der Waals surface area contributed by atoms with Crippen LogP contribution in [0.1, 0.15) is 11.1 Å². The number of halogens is 1. The van der Waals surface area contributed by atoms with E-state index in [0.29, 0.717) is 0 Å². The first-order chi connectivity index (χ1) is 8.79. The van der Waals surface area contributed by atoms with Gasteiger partial charge in [-0.3, -0.25) is 0 Å². The van der Waals surface area contributed by atoms with Gasteiger partial charge in [-0.1, -0.05) is 46.3 Å². The van der Waals surface area contributed by atoms with Crippen molar-refractivity contribution in [3.05, 3.63) is 64.1 Å². The van der Waals surface area contributed by atoms with E-state index in [1.165, 1.54) is 5.56 Å². The highest BCUT2D eigenvalue weighted by Crippen LogP contribution is 2.25. The Kier molecular flexibility index (Phi) is 4.79. The Labute approximate surface area is 116 Å². The van der Waals surface area contributed by atoms with Crippen molar-refractivity contribution in [3.8, 4) is 5.75 Å². The normalized spacial score (nSPS) is 10.3. The molecule has 0 atom stereocenters. The van der Waals surface area contributed by atoms with Crippen LogP contribution in [0.25, 0.3) is 0 Å². The Morgan fingerprint density at radius 3 is 2.56 bits per heavy atom. The molecule has 2 aromatic rings. The number of ether oxygens (including phenoxy) is 2. The smallest absolute Gasteiger partial charge is 0.188 e. The highest BCUT2D eigenvalue weighted by atomic mass is 79.9. The highest BCUT2D eigenvalue weighted by molar-refractivity contribution is 9.10. The molecule has 3 heteroatoms. The van der Waals surface area contributed by atoms with Crippen LogP contribution in [0.3, 0.4) is 0 Å². The summed E-state index contributed by atoms with van der Waals surface area (Å²) in [4.78, 5) is 0. The van der Waals surface area contributed by atoms with Gasteiger partial charge in [-0.25, -0.2) is 0 Å². The summed E-state index contributed by atoms with van der Waals surface area (Å²) in [6.45, 7) is 0.267. The van der Waals surface area contributed by atoms with E-state index in [-0.39, 0.29) is 6.79 Å². The standard InChI is InChI=1S/C15H15BrO2/c1-17-11-18-15-8-7-14(16)10-13(15)9-12-5-3-2-4-6-12/h2-8,10H,9,11H2,1H3. The van der Waals surface area contributed by atoms with Gasteiger partial charge in [0.15, 0.2) is 6.79 Å². The van der Waals surface area contributed by atoms with Gasteiger partial charge >= 0.3 is 0 Å². The van der Waals surface area contributed by atoms with Crippen molar-refractivity contribution < 1.29 is 9.47 Å². The van der Waals surface area contributed by atoms with E-state index >= 15 is 0 Å². The lowest BCUT2D eigenvalue weighted by atomic mass is 10.0. The van der Waals surface area contributed by atoms with Gasteiger partial charge in [0.05, 0.1) is 0 Å². The van der Waals surface area contributed by atoms with E-state index in [4.69, 9.17) is 9.47 Å². The molecule has 94 valence electrons. The molecule has 0 aliphatic carbocycles. The SMILES string of the molecule is COCOc1ccc(Br)cc1Cc1ccccc1. The molecule has 0 heterocycles. The van der Waals surface area contributed by atoms with Crippen molar-refractivity contribution in [2.24, 2.45) is 0 Å². The molecule has 0 amide bonds. The monoisotopic (exact) mass is 306 g/mol. The molecular formula is C15H15BrO2. The van der Waals surface area contributed by atoms with E-state index in [9.17, 15) is 0 Å². The molecule has 18 heavy (non-hydrogen) atoms. The van der Waals surface area contributed by atoms with Gasteiger partial charge < -0.3 is 9.47 Å². The van der Waals surface area contributed by atoms with E-state index in [2.05, 4.69) is 34.1 Å². The fraction of sp³-hybridized carbons (Fsp3) is 0.200. The van der Waals surface area contributed by atoms with E-state index < -0.39 is 0 Å². The third-order valence-electron chi connectivity index (χ3n) is 2.59. The third kappa shape index (κ3) is 3.59. The highest BCUT2D eigenvalue weighted by Gasteiger charge is 2.05. The van der Waals surface area contributed by atoms with Gasteiger partial charge in [0.1, 0.15) is 5.75 Å². The minimum absolute atomic E-state index is 0.267. The van der Waals surface area contributed by atoms with Crippen LogP contribution in [0.15, 0.2) is 53.0 Å². The summed E-state index contributed by atoms with van der Waals surface area (Å²) in [5.74, 6) is 0.865. The van der Waals surface area contributed by atoms with Crippen LogP contribution in [0.2, 0.25) is 0 Å². The molecule has 0 spiro atoms. The summed E-state index contributed by atoms with van der Waals surface area (Å²) in [6, 6.07) is 16.3. The Morgan fingerprint density at radius 2 is 1.83 bits per heavy atom. The second-order valence-corrected chi connectivity index (χ2v) is 4.88. The Morgan fingerprint density at radius 1 is 1.06 bits per heavy atom. The third-order valence-corrected chi connectivity index (χ3v) is 3.09. The zero-order chi connectivity index (χ0) is 12.8. The molecule has 2 nitrogen and oxygen atoms in total. The van der Waals surface area contributed by atoms with Gasteiger partial charge in [0, 0.05) is 18.0 Å². The topological polar surface area (TPSA) is 18.5 Å². The molecule has 0 saturated carbocycles. The summed E-state index contributed by atoms with van der Waals surface area (Å²) in [5.41, 5.74) is 2.41. The molecule has 0 bridgehead atoms. The first kappa shape index (κ1) is 13.1. The first-order valence-corrected chi connectivity index (χ1v) is 6.53. The van der Waals surface area contributed by atoms with Crippen molar-refractivity contribution >= 4 is 15.9 Å². The Bertz CT molecular complexity index is 497. The predicted molar refractivity (Wildman–Crippen MR) is 75.9 cm³/mol. The van der Waals surface area contributed by atoms with Crippen LogP contribution >= 0.6 is 15.9 Å². The average Bonchev–Trinajstić information content (AvgIpc) is 2.39. The van der Waals surface area contributed by atoms with Crippen LogP contribution in [0.5, 0.6) is 5.75 Å². The largest absolute Gasteiger partial charge is 0.467 e. The van der Waals surface area contributed by atoms with Gasteiger partial charge in [-0.05, 0) is 29.3 Å². The number of methoxy groups -OCH3 is 1. The molecule has 0 aliphatic heterocycles. The fourth-order valence-electron chi connectivity index (χ4n) is 1.77. The van der Waals surface area contributed by atoms with Gasteiger partial charge in [-0.15, -0.1) is 0 Å². The fourth-order valence-corrected chi connectivity index (χ4v) is 2.17. The van der Waals surface area contributed by atoms with E-state index in [1.807, 2.05) is 30.3 Å². The second-order valence-electron chi connectivity index (χ2n) is 3.97. The van der Waals surface area contributed by atoms with Gasteiger partial charge in [0.25, 0.3) is 0 Å². The summed E-state index contributed by atoms with van der Waals surface area (Å²) in [7, 11) is 1.62. The van der Waals surface area contributed by atoms with Crippen molar-refractivity contribution in [2.45, 2.75) is 6.42 Å². The van der Waals surface area contributed by atoms with Crippen molar-refractivity contribution in [1.29, 1.82) is 0 Å². The zero-order valence-electron chi connectivity index (χ0n) is 10.2. The number of benzene rings is 2. The van der Waals surface area contributed by atoms with Crippen molar-refractivity contribution in [1.82, 2.24) is 0 Å². The maximum absolute atomic E-state index is 5.57. The summed E-state index contributed by atoms with van der Waals surface area (Å²) in [5, 5.41) is 0. The van der Waals surface area contributed by atoms with Crippen LogP contribution < -0.4 is 4.74 Å². The average molecular weight is 307 g/mol. The molecule has 0 N–H and O–H groups in total. The van der Waals surface area contributed by atoms with Crippen LogP contribution in [0, 0.1) is 0 Å². The minimum atomic E-state index is 0.267. The maximum Gasteiger partial charge on any atom is 0.188 e. The Balaban J connectivity index is 2.22. The molecule has 0 aromatic heterocycles. The summed E-state index contributed by atoms with van der Waals surface area (Å²) >= 11 is 3.49. The number of rotatable bonds is 5. The lowest BCUT2D eigenvalue weighted by molar-refractivity contribution is 0.0505. The second kappa shape index (κ2) is 6.57. The lowest BCUT2D eigenvalue weighted by Gasteiger charge is -2.11. The van der Waals surface area contributed by atoms with E-state index in [1.54, 1.807) is 7.11 Å². The molecule has 0 aliphatic rings. The Hall–Kier alpha value is -1.32. The molecule has 0 fully saturated rings. The molecule has 2 aromatic carbocycles. The van der Waals surface area contributed by atoms with Crippen LogP contribution in [-0.4, -0.2) is 13.9 Å². The van der Waals surface area contributed by atoms with Crippen molar-refractivity contribution in [2.75, 3.05) is 13.9 Å². The zero-order valence-corrected chi connectivity index (χ0v) is 11.8. The van der Waals surface area contributed by atoms with Gasteiger partial charge in [0.2, 0.25) is 0 Å².